The summed E-state index contributed by atoms with van der Waals surface area (Å²) in [5.74, 6) is -1.80. The fourth-order valence-corrected chi connectivity index (χ4v) is 5.79. The van der Waals surface area contributed by atoms with Gasteiger partial charge in [-0.1, -0.05) is 19.1 Å². The molecule has 2 amide bonds. The van der Waals surface area contributed by atoms with Crippen LogP contribution >= 0.6 is 0 Å². The third kappa shape index (κ3) is 6.82. The van der Waals surface area contributed by atoms with Crippen LogP contribution in [0.15, 0.2) is 53.3 Å². The molecule has 15 heteroatoms. The molecule has 0 fully saturated rings. The van der Waals surface area contributed by atoms with E-state index < -0.39 is 35.6 Å². The van der Waals surface area contributed by atoms with Crippen molar-refractivity contribution in [2.75, 3.05) is 25.1 Å². The maximum Gasteiger partial charge on any atom is 0.509 e. The molecule has 1 atom stereocenters. The van der Waals surface area contributed by atoms with E-state index in [4.69, 9.17) is 23.9 Å². The normalized spacial score (nSPS) is 14.2. The van der Waals surface area contributed by atoms with Crippen LogP contribution in [0.4, 0.5) is 10.5 Å². The van der Waals surface area contributed by atoms with Gasteiger partial charge in [-0.3, -0.25) is 14.4 Å². The molecular weight excluding hydrogens is 640 g/mol. The molecule has 2 aliphatic heterocycles. The number of aromatic hydroxyl groups is 1. The first-order chi connectivity index (χ1) is 23.7. The van der Waals surface area contributed by atoms with Gasteiger partial charge in [0.15, 0.2) is 0 Å². The van der Waals surface area contributed by atoms with Crippen LogP contribution in [0.3, 0.4) is 0 Å². The zero-order valence-electron chi connectivity index (χ0n) is 26.1. The minimum Gasteiger partial charge on any atom is -0.508 e. The minimum absolute atomic E-state index is 0.107. The molecule has 0 saturated carbocycles. The van der Waals surface area contributed by atoms with Gasteiger partial charge >= 0.3 is 12.1 Å². The number of fused-ring (bicyclic) bond motifs is 5. The number of carbonyl (C=O) groups excluding carboxylic acids is 5. The molecule has 2 aromatic carbocycles. The number of phenolic OH excluding ortho intramolecular Hbond substituents is 1. The highest BCUT2D eigenvalue weighted by atomic mass is 16.7. The van der Waals surface area contributed by atoms with Crippen molar-refractivity contribution in [2.24, 2.45) is 0 Å². The van der Waals surface area contributed by atoms with Crippen molar-refractivity contribution >= 4 is 46.8 Å². The molecule has 2 aliphatic rings. The van der Waals surface area contributed by atoms with E-state index in [1.165, 1.54) is 6.07 Å². The second-order valence-corrected chi connectivity index (χ2v) is 11.2. The number of carbonyl (C=O) groups is 5. The van der Waals surface area contributed by atoms with E-state index in [2.05, 4.69) is 10.6 Å². The summed E-state index contributed by atoms with van der Waals surface area (Å²) in [6.07, 6.45) is -1.58. The Labute approximate surface area is 277 Å². The van der Waals surface area contributed by atoms with Gasteiger partial charge in [-0.15, -0.1) is 0 Å². The summed E-state index contributed by atoms with van der Waals surface area (Å²) >= 11 is 0. The maximum atomic E-state index is 13.7. The Morgan fingerprint density at radius 3 is 2.63 bits per heavy atom. The van der Waals surface area contributed by atoms with Crippen molar-refractivity contribution in [3.05, 3.63) is 86.7 Å². The summed E-state index contributed by atoms with van der Waals surface area (Å²) in [6, 6.07) is 12.8. The van der Waals surface area contributed by atoms with Gasteiger partial charge in [0.1, 0.15) is 38.5 Å². The Hall–Kier alpha value is -6.09. The number of esters is 1. The highest BCUT2D eigenvalue weighted by molar-refractivity contribution is 5.94. The van der Waals surface area contributed by atoms with Crippen LogP contribution in [0.2, 0.25) is 0 Å². The Morgan fingerprint density at radius 1 is 1.08 bits per heavy atom. The first-order valence-corrected chi connectivity index (χ1v) is 15.2. The van der Waals surface area contributed by atoms with Gasteiger partial charge < -0.3 is 44.0 Å². The third-order valence-electron chi connectivity index (χ3n) is 8.06. The number of hydrogen-bond acceptors (Lipinski definition) is 12. The molecule has 2 aromatic heterocycles. The SMILES string of the molecule is CCc1c2c(nc3ccc(O)cc13)-c1cc3c(c(=O)n1C2)COC(=O)[C@H]3OC(=O)OCc1ccc(NC(=O)CNC(=O)COCC=O)cc1. The number of nitrogens with zero attached hydrogens (tertiary/aromatic N) is 2. The van der Waals surface area contributed by atoms with E-state index in [1.807, 2.05) is 6.92 Å². The zero-order valence-corrected chi connectivity index (χ0v) is 26.1. The molecule has 0 bridgehead atoms. The van der Waals surface area contributed by atoms with Crippen LogP contribution in [0.25, 0.3) is 22.3 Å². The number of aromatic nitrogens is 2. The lowest BCUT2D eigenvalue weighted by Gasteiger charge is -2.24. The average Bonchev–Trinajstić information content (AvgIpc) is 3.46. The molecule has 49 heavy (non-hydrogen) atoms. The summed E-state index contributed by atoms with van der Waals surface area (Å²) in [7, 11) is 0. The number of nitrogens with one attached hydrogen (secondary N) is 2. The summed E-state index contributed by atoms with van der Waals surface area (Å²) in [6.45, 7) is 0.822. The monoisotopic (exact) mass is 670 g/mol. The van der Waals surface area contributed by atoms with Crippen LogP contribution in [-0.2, 0) is 64.3 Å². The number of amides is 2. The van der Waals surface area contributed by atoms with Gasteiger partial charge in [0.25, 0.3) is 5.56 Å². The van der Waals surface area contributed by atoms with E-state index >= 15 is 0 Å². The molecule has 0 radical (unpaired) electrons. The predicted octanol–water partition coefficient (Wildman–Crippen LogP) is 2.41. The average molecular weight is 671 g/mol. The molecule has 4 heterocycles. The first kappa shape index (κ1) is 32.8. The number of benzene rings is 2. The van der Waals surface area contributed by atoms with Crippen molar-refractivity contribution in [1.29, 1.82) is 0 Å². The van der Waals surface area contributed by atoms with Crippen LogP contribution in [-0.4, -0.2) is 64.6 Å². The van der Waals surface area contributed by atoms with Gasteiger partial charge in [-0.25, -0.2) is 14.6 Å². The molecular formula is C34H30N4O11. The predicted molar refractivity (Wildman–Crippen MR) is 170 cm³/mol. The van der Waals surface area contributed by atoms with Crippen LogP contribution in [0.5, 0.6) is 5.75 Å². The molecule has 0 spiro atoms. The van der Waals surface area contributed by atoms with Crippen molar-refractivity contribution in [2.45, 2.75) is 39.2 Å². The van der Waals surface area contributed by atoms with Crippen LogP contribution < -0.4 is 16.2 Å². The van der Waals surface area contributed by atoms with Gasteiger partial charge in [-0.2, -0.15) is 0 Å². The van der Waals surface area contributed by atoms with Crippen LogP contribution in [0.1, 0.15) is 40.8 Å². The first-order valence-electron chi connectivity index (χ1n) is 15.2. The Kier molecular flexibility index (Phi) is 9.35. The summed E-state index contributed by atoms with van der Waals surface area (Å²) in [5.41, 5.74) is 4.37. The number of anilines is 1. The van der Waals surface area contributed by atoms with Crippen molar-refractivity contribution in [1.82, 2.24) is 14.9 Å². The smallest absolute Gasteiger partial charge is 0.508 e. The highest BCUT2D eigenvalue weighted by Gasteiger charge is 2.38. The number of ether oxygens (including phenoxy) is 4. The minimum atomic E-state index is -1.54. The van der Waals surface area contributed by atoms with E-state index in [9.17, 15) is 33.9 Å². The lowest BCUT2D eigenvalue weighted by Crippen LogP contribution is -2.35. The largest absolute Gasteiger partial charge is 0.509 e. The molecule has 15 nitrogen and oxygen atoms in total. The maximum absolute atomic E-state index is 13.7. The summed E-state index contributed by atoms with van der Waals surface area (Å²) in [4.78, 5) is 77.9. The Bertz CT molecular complexity index is 2060. The van der Waals surface area contributed by atoms with Gasteiger partial charge in [0, 0.05) is 22.2 Å². The van der Waals surface area contributed by atoms with Crippen molar-refractivity contribution in [3.63, 3.8) is 0 Å². The molecule has 252 valence electrons. The lowest BCUT2D eigenvalue weighted by molar-refractivity contribution is -0.159. The van der Waals surface area contributed by atoms with Gasteiger partial charge in [0.05, 0.1) is 35.6 Å². The van der Waals surface area contributed by atoms with Crippen molar-refractivity contribution < 1.29 is 48.0 Å². The molecule has 3 N–H and O–H groups in total. The van der Waals surface area contributed by atoms with Gasteiger partial charge in [-0.05, 0) is 53.9 Å². The van der Waals surface area contributed by atoms with Gasteiger partial charge in [0.2, 0.25) is 17.9 Å². The summed E-state index contributed by atoms with van der Waals surface area (Å²) < 4.78 is 22.2. The quantitative estimate of drug-likeness (QED) is 0.105. The number of cyclic esters (lactones) is 1. The van der Waals surface area contributed by atoms with E-state index in [1.54, 1.807) is 47.0 Å². The highest BCUT2D eigenvalue weighted by Crippen LogP contribution is 2.39. The second-order valence-electron chi connectivity index (χ2n) is 11.2. The molecule has 0 unspecified atom stereocenters. The Morgan fingerprint density at radius 2 is 1.88 bits per heavy atom. The van der Waals surface area contributed by atoms with E-state index in [0.717, 1.165) is 16.5 Å². The fraction of sp³-hybridized carbons (Fsp3) is 0.265. The number of aldehydes is 1. The lowest BCUT2D eigenvalue weighted by atomic mass is 9.97. The Balaban J connectivity index is 1.12. The van der Waals surface area contributed by atoms with E-state index in [-0.39, 0.29) is 56.4 Å². The van der Waals surface area contributed by atoms with E-state index in [0.29, 0.717) is 40.9 Å². The molecule has 4 aromatic rings. The number of pyridine rings is 2. The topological polar surface area (TPSA) is 201 Å². The fourth-order valence-electron chi connectivity index (χ4n) is 5.79. The summed E-state index contributed by atoms with van der Waals surface area (Å²) in [5, 5.41) is 15.8. The molecule has 0 saturated heterocycles. The molecule has 0 aliphatic carbocycles. The number of aryl methyl sites for hydroxylation is 1. The van der Waals surface area contributed by atoms with Crippen LogP contribution in [0, 0.1) is 0 Å². The number of hydrogen-bond donors (Lipinski definition) is 3. The zero-order chi connectivity index (χ0) is 34.7. The number of rotatable bonds is 11. The standard InChI is InChI=1S/C34H30N4O11/c1-2-21-22-11-20(40)7-8-26(22)37-30-24(21)14-38-27(30)12-23-25(32(38)43)16-47-33(44)31(23)49-34(45)48-15-18-3-5-19(6-4-18)36-28(41)13-35-29(42)17-46-10-9-39/h3-9,11-12,31,40H,2,10,13-17H2,1H3,(H,35,42)(H,36,41)/t31-/m0/s1. The van der Waals surface area contributed by atoms with Crippen molar-refractivity contribution in [3.8, 4) is 17.1 Å². The third-order valence-corrected chi connectivity index (χ3v) is 8.06. The second kappa shape index (κ2) is 13.9. The molecule has 6 rings (SSSR count). The number of phenols is 1.